The van der Waals surface area contributed by atoms with Crippen molar-refractivity contribution in [2.45, 2.75) is 13.0 Å². The van der Waals surface area contributed by atoms with Crippen molar-refractivity contribution in [2.75, 3.05) is 11.1 Å². The average Bonchev–Trinajstić information content (AvgIpc) is 2.33. The fourth-order valence-electron chi connectivity index (χ4n) is 1.72. The van der Waals surface area contributed by atoms with Gasteiger partial charge in [-0.05, 0) is 65.4 Å². The Balaban J connectivity index is 2.15. The highest BCUT2D eigenvalue weighted by Gasteiger charge is 2.07. The van der Waals surface area contributed by atoms with Crippen molar-refractivity contribution in [3.63, 3.8) is 0 Å². The maximum absolute atomic E-state index is 12.9. The molecule has 2 aromatic carbocycles. The number of nitrogens with one attached hydrogen (secondary N) is 1. The molecule has 0 aliphatic heterocycles. The lowest BCUT2D eigenvalue weighted by molar-refractivity contribution is 0.626. The molecule has 2 rings (SSSR count). The van der Waals surface area contributed by atoms with Crippen LogP contribution in [-0.4, -0.2) is 0 Å². The molecule has 1 unspecified atom stereocenters. The first-order valence-electron chi connectivity index (χ1n) is 5.63. The minimum absolute atomic E-state index is 0.114. The molecule has 1 atom stereocenters. The molecule has 0 aromatic heterocycles. The van der Waals surface area contributed by atoms with Crippen LogP contribution in [0.4, 0.5) is 15.8 Å². The predicted octanol–water partition coefficient (Wildman–Crippen LogP) is 4.19. The molecule has 2 nitrogen and oxygen atoms in total. The first kappa shape index (κ1) is 13.1. The number of benzene rings is 2. The van der Waals surface area contributed by atoms with Gasteiger partial charge >= 0.3 is 0 Å². The van der Waals surface area contributed by atoms with Crippen LogP contribution in [0.25, 0.3) is 0 Å². The van der Waals surface area contributed by atoms with E-state index in [0.717, 1.165) is 20.5 Å². The molecular formula is C14H14FIN2. The van der Waals surface area contributed by atoms with E-state index >= 15 is 0 Å². The molecule has 4 heteroatoms. The van der Waals surface area contributed by atoms with Gasteiger partial charge in [-0.1, -0.05) is 12.1 Å². The first-order chi connectivity index (χ1) is 8.56. The van der Waals surface area contributed by atoms with Gasteiger partial charge in [-0.3, -0.25) is 0 Å². The van der Waals surface area contributed by atoms with Crippen LogP contribution in [-0.2, 0) is 0 Å². The van der Waals surface area contributed by atoms with Crippen LogP contribution in [0.1, 0.15) is 18.5 Å². The highest BCUT2D eigenvalue weighted by atomic mass is 127. The van der Waals surface area contributed by atoms with Crippen LogP contribution in [0.2, 0.25) is 0 Å². The van der Waals surface area contributed by atoms with Crippen LogP contribution in [0.15, 0.2) is 42.5 Å². The Morgan fingerprint density at radius 1 is 1.17 bits per heavy atom. The summed E-state index contributed by atoms with van der Waals surface area (Å²) in [6, 6.07) is 12.4. The van der Waals surface area contributed by atoms with E-state index in [1.165, 1.54) is 12.1 Å². The third-order valence-corrected chi connectivity index (χ3v) is 3.63. The predicted molar refractivity (Wildman–Crippen MR) is 82.0 cm³/mol. The quantitative estimate of drug-likeness (QED) is 0.640. The normalized spacial score (nSPS) is 12.2. The summed E-state index contributed by atoms with van der Waals surface area (Å²) in [5.74, 6) is -0.215. The summed E-state index contributed by atoms with van der Waals surface area (Å²) < 4.78 is 13.9. The SMILES string of the molecule is CC(Nc1ccc(N)cc1I)c1ccc(F)cc1. The lowest BCUT2D eigenvalue weighted by atomic mass is 10.1. The Labute approximate surface area is 120 Å². The molecule has 0 saturated carbocycles. The molecule has 18 heavy (non-hydrogen) atoms. The van der Waals surface area contributed by atoms with Crippen LogP contribution in [0, 0.1) is 9.39 Å². The van der Waals surface area contributed by atoms with Crippen molar-refractivity contribution in [3.05, 3.63) is 57.4 Å². The van der Waals surface area contributed by atoms with Crippen molar-refractivity contribution >= 4 is 34.0 Å². The van der Waals surface area contributed by atoms with Crippen molar-refractivity contribution in [1.29, 1.82) is 0 Å². The number of hydrogen-bond donors (Lipinski definition) is 2. The first-order valence-corrected chi connectivity index (χ1v) is 6.71. The van der Waals surface area contributed by atoms with E-state index in [-0.39, 0.29) is 11.9 Å². The lowest BCUT2D eigenvalue weighted by Gasteiger charge is -2.17. The van der Waals surface area contributed by atoms with E-state index in [0.29, 0.717) is 0 Å². The van der Waals surface area contributed by atoms with E-state index in [2.05, 4.69) is 27.9 Å². The Kier molecular flexibility index (Phi) is 4.06. The zero-order valence-corrected chi connectivity index (χ0v) is 12.1. The highest BCUT2D eigenvalue weighted by molar-refractivity contribution is 14.1. The topological polar surface area (TPSA) is 38.0 Å². The van der Waals surface area contributed by atoms with E-state index in [1.807, 2.05) is 25.1 Å². The van der Waals surface area contributed by atoms with Gasteiger partial charge in [0.25, 0.3) is 0 Å². The molecule has 2 aromatic rings. The molecule has 0 aliphatic carbocycles. The van der Waals surface area contributed by atoms with Crippen molar-refractivity contribution in [2.24, 2.45) is 0 Å². The van der Waals surface area contributed by atoms with Crippen molar-refractivity contribution in [1.82, 2.24) is 0 Å². The molecule has 0 saturated heterocycles. The molecule has 0 aliphatic rings. The van der Waals surface area contributed by atoms with Gasteiger partial charge in [-0.2, -0.15) is 0 Å². The minimum Gasteiger partial charge on any atom is -0.399 e. The van der Waals surface area contributed by atoms with Gasteiger partial charge in [0.15, 0.2) is 0 Å². The Hall–Kier alpha value is -1.30. The Morgan fingerprint density at radius 3 is 2.44 bits per heavy atom. The molecule has 0 radical (unpaired) electrons. The summed E-state index contributed by atoms with van der Waals surface area (Å²) in [5.41, 5.74) is 8.54. The molecule has 0 heterocycles. The monoisotopic (exact) mass is 356 g/mol. The Bertz CT molecular complexity index is 540. The zero-order chi connectivity index (χ0) is 13.1. The van der Waals surface area contributed by atoms with Gasteiger partial charge in [-0.15, -0.1) is 0 Å². The lowest BCUT2D eigenvalue weighted by Crippen LogP contribution is -2.07. The number of hydrogen-bond acceptors (Lipinski definition) is 2. The van der Waals surface area contributed by atoms with Crippen LogP contribution >= 0.6 is 22.6 Å². The molecule has 3 N–H and O–H groups in total. The number of anilines is 2. The second kappa shape index (κ2) is 5.56. The van der Waals surface area contributed by atoms with Crippen LogP contribution in [0.5, 0.6) is 0 Å². The van der Waals surface area contributed by atoms with E-state index in [1.54, 1.807) is 12.1 Å². The standard InChI is InChI=1S/C14H14FIN2/c1-9(10-2-4-11(15)5-3-10)18-14-7-6-12(17)8-13(14)16/h2-9,18H,17H2,1H3. The summed E-state index contributed by atoms with van der Waals surface area (Å²) in [5, 5.41) is 3.39. The summed E-state index contributed by atoms with van der Waals surface area (Å²) in [6.07, 6.45) is 0. The fraction of sp³-hybridized carbons (Fsp3) is 0.143. The molecule has 94 valence electrons. The van der Waals surface area contributed by atoms with Crippen molar-refractivity contribution < 1.29 is 4.39 Å². The smallest absolute Gasteiger partial charge is 0.123 e. The molecular weight excluding hydrogens is 342 g/mol. The summed E-state index contributed by atoms with van der Waals surface area (Å²) >= 11 is 2.24. The van der Waals surface area contributed by atoms with Crippen LogP contribution in [0.3, 0.4) is 0 Å². The Morgan fingerprint density at radius 2 is 1.83 bits per heavy atom. The van der Waals surface area contributed by atoms with Gasteiger partial charge in [0.2, 0.25) is 0 Å². The van der Waals surface area contributed by atoms with Gasteiger partial charge in [0.05, 0.1) is 0 Å². The zero-order valence-electron chi connectivity index (χ0n) is 9.95. The van der Waals surface area contributed by atoms with E-state index in [9.17, 15) is 4.39 Å². The maximum atomic E-state index is 12.9. The largest absolute Gasteiger partial charge is 0.399 e. The highest BCUT2D eigenvalue weighted by Crippen LogP contribution is 2.25. The summed E-state index contributed by atoms with van der Waals surface area (Å²) in [6.45, 7) is 2.04. The van der Waals surface area contributed by atoms with Crippen LogP contribution < -0.4 is 11.1 Å². The van der Waals surface area contributed by atoms with E-state index in [4.69, 9.17) is 5.73 Å². The van der Waals surface area contributed by atoms with Gasteiger partial charge in [0.1, 0.15) is 5.82 Å². The average molecular weight is 356 g/mol. The van der Waals surface area contributed by atoms with Gasteiger partial charge in [0, 0.05) is 21.0 Å². The minimum atomic E-state index is -0.215. The third-order valence-electron chi connectivity index (χ3n) is 2.74. The van der Waals surface area contributed by atoms with Gasteiger partial charge in [-0.25, -0.2) is 4.39 Å². The molecule has 0 fully saturated rings. The summed E-state index contributed by atoms with van der Waals surface area (Å²) in [4.78, 5) is 0. The van der Waals surface area contributed by atoms with E-state index < -0.39 is 0 Å². The number of rotatable bonds is 3. The molecule has 0 spiro atoms. The number of nitrogen functional groups attached to an aromatic ring is 1. The summed E-state index contributed by atoms with van der Waals surface area (Å²) in [7, 11) is 0. The molecule has 0 amide bonds. The second-order valence-electron chi connectivity index (χ2n) is 4.16. The second-order valence-corrected chi connectivity index (χ2v) is 5.32. The van der Waals surface area contributed by atoms with Crippen molar-refractivity contribution in [3.8, 4) is 0 Å². The number of halogens is 2. The molecule has 0 bridgehead atoms. The fourth-order valence-corrected chi connectivity index (χ4v) is 2.41. The maximum Gasteiger partial charge on any atom is 0.123 e. The third kappa shape index (κ3) is 3.13. The van der Waals surface area contributed by atoms with Gasteiger partial charge < -0.3 is 11.1 Å². The number of nitrogens with two attached hydrogens (primary N) is 1.